The Morgan fingerprint density at radius 3 is 2.13 bits per heavy atom. The molecule has 0 saturated carbocycles. The summed E-state index contributed by atoms with van der Waals surface area (Å²) in [5, 5.41) is 12.1. The van der Waals surface area contributed by atoms with Gasteiger partial charge in [-0.2, -0.15) is 0 Å². The molecule has 2 aromatic rings. The van der Waals surface area contributed by atoms with Gasteiger partial charge in [0.25, 0.3) is 5.91 Å². The number of hydrogen-bond donors (Lipinski definition) is 2. The van der Waals surface area contributed by atoms with Gasteiger partial charge in [-0.05, 0) is 24.0 Å². The number of rotatable bonds is 8. The number of ether oxygens (including phenoxy) is 1. The Morgan fingerprint density at radius 1 is 1.04 bits per heavy atom. The lowest BCUT2D eigenvalue weighted by atomic mass is 10.0. The molecule has 23 heavy (non-hydrogen) atoms. The number of methoxy groups -OCH3 is 1. The lowest BCUT2D eigenvalue weighted by Gasteiger charge is -2.22. The van der Waals surface area contributed by atoms with E-state index in [1.54, 1.807) is 0 Å². The molecule has 0 fully saturated rings. The molecular formula is C19H23NO3. The number of aliphatic hydroxyl groups is 1. The van der Waals surface area contributed by atoms with Crippen molar-refractivity contribution < 1.29 is 14.6 Å². The summed E-state index contributed by atoms with van der Waals surface area (Å²) in [4.78, 5) is 12.6. The van der Waals surface area contributed by atoms with E-state index in [9.17, 15) is 4.79 Å². The summed E-state index contributed by atoms with van der Waals surface area (Å²) in [7, 11) is 1.53. The number of hydrogen-bond acceptors (Lipinski definition) is 3. The minimum atomic E-state index is -0.642. The molecule has 0 bridgehead atoms. The molecule has 2 N–H and O–H groups in total. The molecule has 0 radical (unpaired) electrons. The average Bonchev–Trinajstić information content (AvgIpc) is 2.61. The smallest absolute Gasteiger partial charge is 0.254 e. The molecule has 1 amide bonds. The molecule has 0 spiro atoms. The van der Waals surface area contributed by atoms with Gasteiger partial charge in [-0.1, -0.05) is 60.7 Å². The van der Waals surface area contributed by atoms with Crippen molar-refractivity contribution in [2.45, 2.75) is 25.0 Å². The minimum absolute atomic E-state index is 0.103. The average molecular weight is 313 g/mol. The zero-order valence-electron chi connectivity index (χ0n) is 13.3. The van der Waals surface area contributed by atoms with Gasteiger partial charge in [0, 0.05) is 13.7 Å². The van der Waals surface area contributed by atoms with Crippen LogP contribution in [0.5, 0.6) is 0 Å². The predicted molar refractivity (Wildman–Crippen MR) is 89.8 cm³/mol. The molecule has 0 heterocycles. The second-order valence-corrected chi connectivity index (χ2v) is 5.36. The SMILES string of the molecule is COC(C(=O)NC(CCCO)c1ccccc1)c1ccccc1. The highest BCUT2D eigenvalue weighted by atomic mass is 16.5. The third-order valence-electron chi connectivity index (χ3n) is 3.75. The molecule has 2 aromatic carbocycles. The Kier molecular flexibility index (Phi) is 6.78. The number of carbonyl (C=O) groups is 1. The van der Waals surface area contributed by atoms with Crippen LogP contribution in [-0.4, -0.2) is 24.7 Å². The molecule has 2 rings (SSSR count). The lowest BCUT2D eigenvalue weighted by Crippen LogP contribution is -2.34. The summed E-state index contributed by atoms with van der Waals surface area (Å²) in [6.07, 6.45) is 0.664. The van der Waals surface area contributed by atoms with Gasteiger partial charge in [-0.25, -0.2) is 0 Å². The molecule has 0 aliphatic carbocycles. The zero-order chi connectivity index (χ0) is 16.5. The van der Waals surface area contributed by atoms with Gasteiger partial charge >= 0.3 is 0 Å². The first-order valence-corrected chi connectivity index (χ1v) is 7.80. The molecule has 4 nitrogen and oxygen atoms in total. The van der Waals surface area contributed by atoms with Crippen molar-refractivity contribution in [3.63, 3.8) is 0 Å². The van der Waals surface area contributed by atoms with E-state index < -0.39 is 6.10 Å². The molecular weight excluding hydrogens is 290 g/mol. The van der Waals surface area contributed by atoms with Crippen molar-refractivity contribution in [3.8, 4) is 0 Å². The van der Waals surface area contributed by atoms with Gasteiger partial charge < -0.3 is 15.2 Å². The van der Waals surface area contributed by atoms with Crippen LogP contribution in [-0.2, 0) is 9.53 Å². The van der Waals surface area contributed by atoms with Crippen LogP contribution in [0.4, 0.5) is 0 Å². The van der Waals surface area contributed by atoms with Crippen molar-refractivity contribution in [2.75, 3.05) is 13.7 Å². The molecule has 0 aliphatic rings. The van der Waals surface area contributed by atoms with Gasteiger partial charge in [-0.15, -0.1) is 0 Å². The number of aliphatic hydroxyl groups excluding tert-OH is 1. The van der Waals surface area contributed by atoms with Crippen LogP contribution in [0.15, 0.2) is 60.7 Å². The van der Waals surface area contributed by atoms with Crippen LogP contribution >= 0.6 is 0 Å². The van der Waals surface area contributed by atoms with E-state index >= 15 is 0 Å². The zero-order valence-corrected chi connectivity index (χ0v) is 13.3. The summed E-state index contributed by atoms with van der Waals surface area (Å²) in [5.74, 6) is -0.175. The molecule has 0 aliphatic heterocycles. The maximum Gasteiger partial charge on any atom is 0.254 e. The minimum Gasteiger partial charge on any atom is -0.396 e. The van der Waals surface area contributed by atoms with E-state index in [-0.39, 0.29) is 18.6 Å². The highest BCUT2D eigenvalue weighted by Gasteiger charge is 2.23. The fraction of sp³-hybridized carbons (Fsp3) is 0.316. The predicted octanol–water partition coefficient (Wildman–Crippen LogP) is 3.00. The van der Waals surface area contributed by atoms with Gasteiger partial charge in [0.1, 0.15) is 0 Å². The highest BCUT2D eigenvalue weighted by molar-refractivity contribution is 5.82. The number of nitrogens with one attached hydrogen (secondary N) is 1. The summed E-state index contributed by atoms with van der Waals surface area (Å²) in [5.41, 5.74) is 1.85. The second kappa shape index (κ2) is 9.08. The van der Waals surface area contributed by atoms with Crippen molar-refractivity contribution in [1.82, 2.24) is 5.32 Å². The standard InChI is InChI=1S/C19H23NO3/c1-23-18(16-11-6-3-7-12-16)19(22)20-17(13-8-14-21)15-9-4-2-5-10-15/h2-7,9-12,17-18,21H,8,13-14H2,1H3,(H,20,22). The molecule has 2 atom stereocenters. The van der Waals surface area contributed by atoms with E-state index in [1.165, 1.54) is 7.11 Å². The monoisotopic (exact) mass is 313 g/mol. The fourth-order valence-corrected chi connectivity index (χ4v) is 2.57. The lowest BCUT2D eigenvalue weighted by molar-refractivity contribution is -0.132. The third-order valence-corrected chi connectivity index (χ3v) is 3.75. The Labute approximate surface area is 137 Å². The first kappa shape index (κ1) is 17.2. The third kappa shape index (κ3) is 4.91. The first-order chi connectivity index (χ1) is 11.3. The van der Waals surface area contributed by atoms with Crippen LogP contribution in [0, 0.1) is 0 Å². The maximum atomic E-state index is 12.6. The Bertz CT molecular complexity index is 586. The second-order valence-electron chi connectivity index (χ2n) is 5.36. The maximum absolute atomic E-state index is 12.6. The van der Waals surface area contributed by atoms with Crippen LogP contribution in [0.2, 0.25) is 0 Å². The topological polar surface area (TPSA) is 58.6 Å². The van der Waals surface area contributed by atoms with Gasteiger partial charge in [0.2, 0.25) is 0 Å². The van der Waals surface area contributed by atoms with Crippen LogP contribution in [0.3, 0.4) is 0 Å². The normalized spacial score (nSPS) is 13.3. The molecule has 0 saturated heterocycles. The highest BCUT2D eigenvalue weighted by Crippen LogP contribution is 2.22. The Morgan fingerprint density at radius 2 is 1.61 bits per heavy atom. The number of carbonyl (C=O) groups excluding carboxylic acids is 1. The summed E-state index contributed by atoms with van der Waals surface area (Å²) >= 11 is 0. The summed E-state index contributed by atoms with van der Waals surface area (Å²) in [6, 6.07) is 19.1. The molecule has 2 unspecified atom stereocenters. The van der Waals surface area contributed by atoms with Crippen LogP contribution in [0.25, 0.3) is 0 Å². The molecule has 4 heteroatoms. The van der Waals surface area contributed by atoms with Crippen molar-refractivity contribution >= 4 is 5.91 Å². The number of amides is 1. The Balaban J connectivity index is 2.13. The van der Waals surface area contributed by atoms with E-state index in [0.717, 1.165) is 11.1 Å². The Hall–Kier alpha value is -2.17. The van der Waals surface area contributed by atoms with Crippen molar-refractivity contribution in [1.29, 1.82) is 0 Å². The first-order valence-electron chi connectivity index (χ1n) is 7.80. The van der Waals surface area contributed by atoms with E-state index in [4.69, 9.17) is 9.84 Å². The molecule has 122 valence electrons. The van der Waals surface area contributed by atoms with E-state index in [0.29, 0.717) is 12.8 Å². The largest absolute Gasteiger partial charge is 0.396 e. The van der Waals surface area contributed by atoms with Gasteiger partial charge in [0.05, 0.1) is 6.04 Å². The van der Waals surface area contributed by atoms with Crippen LogP contribution in [0.1, 0.15) is 36.1 Å². The van der Waals surface area contributed by atoms with E-state index in [1.807, 2.05) is 60.7 Å². The summed E-state index contributed by atoms with van der Waals surface area (Å²) in [6.45, 7) is 0.103. The molecule has 0 aromatic heterocycles. The fourth-order valence-electron chi connectivity index (χ4n) is 2.57. The van der Waals surface area contributed by atoms with Crippen molar-refractivity contribution in [2.24, 2.45) is 0 Å². The van der Waals surface area contributed by atoms with Crippen LogP contribution < -0.4 is 5.32 Å². The van der Waals surface area contributed by atoms with Crippen molar-refractivity contribution in [3.05, 3.63) is 71.8 Å². The van der Waals surface area contributed by atoms with Gasteiger partial charge in [0.15, 0.2) is 6.10 Å². The van der Waals surface area contributed by atoms with E-state index in [2.05, 4.69) is 5.32 Å². The van der Waals surface area contributed by atoms with Gasteiger partial charge in [-0.3, -0.25) is 4.79 Å². The number of benzene rings is 2. The quantitative estimate of drug-likeness (QED) is 0.787. The summed E-state index contributed by atoms with van der Waals surface area (Å²) < 4.78 is 5.38.